The zero-order chi connectivity index (χ0) is 15.5. The SMILES string of the molecule is CCS(=O)(=O)C1CSCCN1c1cc(Br)ccc1CCN. The van der Waals surface area contributed by atoms with Crippen molar-refractivity contribution in [2.75, 3.05) is 35.2 Å². The van der Waals surface area contributed by atoms with Crippen molar-refractivity contribution in [3.05, 3.63) is 28.2 Å². The maximum Gasteiger partial charge on any atom is 0.171 e. The first kappa shape index (κ1) is 17.1. The number of rotatable bonds is 5. The molecule has 118 valence electrons. The van der Waals surface area contributed by atoms with Gasteiger partial charge in [0.2, 0.25) is 0 Å². The Hall–Kier alpha value is -0.240. The molecule has 0 amide bonds. The highest BCUT2D eigenvalue weighted by Crippen LogP contribution is 2.32. The van der Waals surface area contributed by atoms with Crippen molar-refractivity contribution in [1.82, 2.24) is 0 Å². The van der Waals surface area contributed by atoms with Gasteiger partial charge in [-0.25, -0.2) is 8.42 Å². The van der Waals surface area contributed by atoms with Crippen molar-refractivity contribution >= 4 is 43.2 Å². The van der Waals surface area contributed by atoms with E-state index >= 15 is 0 Å². The highest BCUT2D eigenvalue weighted by Gasteiger charge is 2.33. The Balaban J connectivity index is 2.44. The number of anilines is 1. The molecule has 1 atom stereocenters. The van der Waals surface area contributed by atoms with Crippen LogP contribution in [-0.2, 0) is 16.3 Å². The van der Waals surface area contributed by atoms with Gasteiger partial charge in [0.25, 0.3) is 0 Å². The standard InChI is InChI=1S/C14H21BrN2O2S2/c1-2-21(18,19)14-10-20-8-7-17(14)13-9-12(15)4-3-11(13)5-6-16/h3-4,9,14H,2,5-8,10,16H2,1H3. The highest BCUT2D eigenvalue weighted by atomic mass is 79.9. The van der Waals surface area contributed by atoms with Gasteiger partial charge in [-0.15, -0.1) is 0 Å². The fraction of sp³-hybridized carbons (Fsp3) is 0.571. The molecule has 1 saturated heterocycles. The molecular formula is C14H21BrN2O2S2. The van der Waals surface area contributed by atoms with Gasteiger partial charge in [-0.05, 0) is 30.7 Å². The molecule has 1 heterocycles. The molecule has 0 bridgehead atoms. The first-order valence-corrected chi connectivity index (χ1v) is 10.7. The molecule has 1 aliphatic rings. The number of hydrogen-bond donors (Lipinski definition) is 1. The lowest BCUT2D eigenvalue weighted by molar-refractivity contribution is 0.579. The Morgan fingerprint density at radius 3 is 2.90 bits per heavy atom. The van der Waals surface area contributed by atoms with Gasteiger partial charge < -0.3 is 10.6 Å². The van der Waals surface area contributed by atoms with Crippen molar-refractivity contribution < 1.29 is 8.42 Å². The van der Waals surface area contributed by atoms with Crippen molar-refractivity contribution in [1.29, 1.82) is 0 Å². The third-order valence-electron chi connectivity index (χ3n) is 3.67. The second-order valence-corrected chi connectivity index (χ2v) is 9.50. The van der Waals surface area contributed by atoms with E-state index in [9.17, 15) is 8.42 Å². The average molecular weight is 393 g/mol. The third kappa shape index (κ3) is 3.94. The summed E-state index contributed by atoms with van der Waals surface area (Å²) in [7, 11) is -3.10. The maximum absolute atomic E-state index is 12.4. The topological polar surface area (TPSA) is 63.4 Å². The largest absolute Gasteiger partial charge is 0.353 e. The van der Waals surface area contributed by atoms with Crippen LogP contribution in [0, 0.1) is 0 Å². The number of halogens is 1. The molecule has 1 aromatic rings. The van der Waals surface area contributed by atoms with E-state index in [0.717, 1.165) is 34.4 Å². The molecule has 0 aliphatic carbocycles. The van der Waals surface area contributed by atoms with Crippen LogP contribution in [0.5, 0.6) is 0 Å². The number of nitrogens with zero attached hydrogens (tertiary/aromatic N) is 1. The van der Waals surface area contributed by atoms with Crippen LogP contribution in [0.3, 0.4) is 0 Å². The molecule has 0 aromatic heterocycles. The third-order valence-corrected chi connectivity index (χ3v) is 7.45. The molecule has 1 aliphatic heterocycles. The lowest BCUT2D eigenvalue weighted by Crippen LogP contribution is -2.48. The van der Waals surface area contributed by atoms with Gasteiger partial charge >= 0.3 is 0 Å². The minimum atomic E-state index is -3.10. The molecule has 0 saturated carbocycles. The van der Waals surface area contributed by atoms with Gasteiger partial charge in [0.05, 0.1) is 0 Å². The Morgan fingerprint density at radius 2 is 2.24 bits per heavy atom. The minimum Gasteiger partial charge on any atom is -0.353 e. The zero-order valence-corrected chi connectivity index (χ0v) is 15.3. The second-order valence-electron chi connectivity index (χ2n) is 4.99. The molecule has 1 aromatic carbocycles. The molecule has 0 radical (unpaired) electrons. The first-order valence-electron chi connectivity index (χ1n) is 7.04. The van der Waals surface area contributed by atoms with Crippen molar-refractivity contribution in [3.8, 4) is 0 Å². The van der Waals surface area contributed by atoms with E-state index in [1.807, 2.05) is 23.1 Å². The van der Waals surface area contributed by atoms with Crippen molar-refractivity contribution in [3.63, 3.8) is 0 Å². The van der Waals surface area contributed by atoms with E-state index in [4.69, 9.17) is 5.73 Å². The Morgan fingerprint density at radius 1 is 1.48 bits per heavy atom. The number of nitrogens with two attached hydrogens (primary N) is 1. The Labute approximate surface area is 139 Å². The smallest absolute Gasteiger partial charge is 0.171 e. The predicted octanol–water partition coefficient (Wildman–Crippen LogP) is 2.26. The van der Waals surface area contributed by atoms with E-state index in [-0.39, 0.29) is 5.75 Å². The summed E-state index contributed by atoms with van der Waals surface area (Å²) in [6.07, 6.45) is 0.755. The molecule has 21 heavy (non-hydrogen) atoms. The maximum atomic E-state index is 12.4. The molecule has 1 fully saturated rings. The predicted molar refractivity (Wildman–Crippen MR) is 94.8 cm³/mol. The van der Waals surface area contributed by atoms with Crippen LogP contribution in [0.15, 0.2) is 22.7 Å². The molecule has 1 unspecified atom stereocenters. The number of sulfone groups is 1. The monoisotopic (exact) mass is 392 g/mol. The summed E-state index contributed by atoms with van der Waals surface area (Å²) in [6.45, 7) is 3.03. The molecule has 2 N–H and O–H groups in total. The van der Waals surface area contributed by atoms with Gasteiger partial charge in [-0.3, -0.25) is 0 Å². The van der Waals surface area contributed by atoms with E-state index in [1.54, 1.807) is 18.7 Å². The van der Waals surface area contributed by atoms with E-state index < -0.39 is 15.2 Å². The van der Waals surface area contributed by atoms with Crippen LogP contribution in [-0.4, -0.2) is 44.1 Å². The van der Waals surface area contributed by atoms with Crippen LogP contribution >= 0.6 is 27.7 Å². The molecule has 2 rings (SSSR count). The molecule has 7 heteroatoms. The normalized spacial score (nSPS) is 19.8. The molecule has 0 spiro atoms. The number of benzene rings is 1. The quantitative estimate of drug-likeness (QED) is 0.832. The Kier molecular flexibility index (Phi) is 5.99. The van der Waals surface area contributed by atoms with E-state index in [2.05, 4.69) is 15.9 Å². The highest BCUT2D eigenvalue weighted by molar-refractivity contribution is 9.10. The van der Waals surface area contributed by atoms with Crippen molar-refractivity contribution in [2.45, 2.75) is 18.7 Å². The summed E-state index contributed by atoms with van der Waals surface area (Å²) in [5, 5.41) is -0.438. The lowest BCUT2D eigenvalue weighted by Gasteiger charge is -2.37. The summed E-state index contributed by atoms with van der Waals surface area (Å²) < 4.78 is 25.8. The fourth-order valence-electron chi connectivity index (χ4n) is 2.52. The van der Waals surface area contributed by atoms with Crippen LogP contribution < -0.4 is 10.6 Å². The fourth-order valence-corrected chi connectivity index (χ4v) is 5.85. The lowest BCUT2D eigenvalue weighted by atomic mass is 10.1. The Bertz CT molecular complexity index is 593. The number of thioether (sulfide) groups is 1. The minimum absolute atomic E-state index is 0.176. The summed E-state index contributed by atoms with van der Waals surface area (Å²) in [4.78, 5) is 2.05. The summed E-state index contributed by atoms with van der Waals surface area (Å²) in [5.74, 6) is 1.75. The van der Waals surface area contributed by atoms with E-state index in [0.29, 0.717) is 12.3 Å². The zero-order valence-electron chi connectivity index (χ0n) is 12.1. The van der Waals surface area contributed by atoms with Crippen LogP contribution in [0.1, 0.15) is 12.5 Å². The molecule has 4 nitrogen and oxygen atoms in total. The van der Waals surface area contributed by atoms with Gasteiger partial charge in [0.15, 0.2) is 9.84 Å². The van der Waals surface area contributed by atoms with Crippen LogP contribution in [0.4, 0.5) is 5.69 Å². The first-order chi connectivity index (χ1) is 9.99. The summed E-state index contributed by atoms with van der Waals surface area (Å²) in [6, 6.07) is 6.03. The number of hydrogen-bond acceptors (Lipinski definition) is 5. The van der Waals surface area contributed by atoms with Gasteiger partial charge in [-0.2, -0.15) is 11.8 Å². The summed E-state index contributed by atoms with van der Waals surface area (Å²) in [5.41, 5.74) is 7.80. The van der Waals surface area contributed by atoms with E-state index in [1.165, 1.54) is 0 Å². The second kappa shape index (κ2) is 7.35. The van der Waals surface area contributed by atoms with Gasteiger partial charge in [0.1, 0.15) is 5.37 Å². The molecular weight excluding hydrogens is 372 g/mol. The van der Waals surface area contributed by atoms with Gasteiger partial charge in [-0.1, -0.05) is 28.9 Å². The van der Waals surface area contributed by atoms with Crippen LogP contribution in [0.25, 0.3) is 0 Å². The summed E-state index contributed by atoms with van der Waals surface area (Å²) >= 11 is 5.20. The van der Waals surface area contributed by atoms with Crippen LogP contribution in [0.2, 0.25) is 0 Å². The van der Waals surface area contributed by atoms with Gasteiger partial charge in [0, 0.05) is 34.0 Å². The van der Waals surface area contributed by atoms with Crippen molar-refractivity contribution in [2.24, 2.45) is 5.73 Å². The average Bonchev–Trinajstić information content (AvgIpc) is 2.49.